The highest BCUT2D eigenvalue weighted by Gasteiger charge is 2.47. The molecule has 1 aromatic carbocycles. The third-order valence-corrected chi connectivity index (χ3v) is 5.77. The van der Waals surface area contributed by atoms with Gasteiger partial charge in [0.05, 0.1) is 32.0 Å². The van der Waals surface area contributed by atoms with E-state index in [9.17, 15) is 26.5 Å². The van der Waals surface area contributed by atoms with E-state index < -0.39 is 44.9 Å². The fourth-order valence-corrected chi connectivity index (χ4v) is 4.16. The number of alkyl halides is 5. The molecule has 1 aromatic rings. The first-order valence-electron chi connectivity index (χ1n) is 6.58. The number of hydrogen-bond acceptors (Lipinski definition) is 3. The number of benzene rings is 1. The second-order valence-corrected chi connectivity index (χ2v) is 7.55. The highest BCUT2D eigenvalue weighted by atomic mass is 35.5. The minimum absolute atomic E-state index is 0.0843. The van der Waals surface area contributed by atoms with Crippen LogP contribution in [0, 0.1) is 0 Å². The Morgan fingerprint density at radius 3 is 2.04 bits per heavy atom. The van der Waals surface area contributed by atoms with E-state index in [1.807, 2.05) is 0 Å². The standard InChI is InChI=1S/C13H10Cl3F5N2OS/c1-5-10(16)6(2)23(25(24)12(17)18)22(5)11-8(14)3-7(4-9(11)15)13(19,20)21/h3-4,6,12H,1-2H3. The third-order valence-electron chi connectivity index (χ3n) is 3.45. The van der Waals surface area contributed by atoms with Crippen LogP contribution in [-0.2, 0) is 17.5 Å². The molecular formula is C13H10Cl3F5N2OS. The summed E-state index contributed by atoms with van der Waals surface area (Å²) in [5.41, 5.74) is -1.15. The number of rotatable bonds is 3. The van der Waals surface area contributed by atoms with Crippen molar-refractivity contribution in [2.45, 2.75) is 31.8 Å². The van der Waals surface area contributed by atoms with Crippen molar-refractivity contribution >= 4 is 51.9 Å². The molecule has 2 atom stereocenters. The maximum Gasteiger partial charge on any atom is 0.418 e. The van der Waals surface area contributed by atoms with Gasteiger partial charge in [0.15, 0.2) is 0 Å². The van der Waals surface area contributed by atoms with Crippen LogP contribution >= 0.6 is 34.8 Å². The van der Waals surface area contributed by atoms with Crippen LogP contribution in [0.5, 0.6) is 0 Å². The molecule has 2 rings (SSSR count). The van der Waals surface area contributed by atoms with E-state index in [1.54, 1.807) is 0 Å². The largest absolute Gasteiger partial charge is 0.592 e. The van der Waals surface area contributed by atoms with E-state index in [0.29, 0.717) is 12.1 Å². The molecule has 0 aliphatic carbocycles. The van der Waals surface area contributed by atoms with E-state index >= 15 is 0 Å². The van der Waals surface area contributed by atoms with Crippen LogP contribution in [-0.4, -0.2) is 20.8 Å². The Labute approximate surface area is 158 Å². The van der Waals surface area contributed by atoms with Crippen molar-refractivity contribution in [3.05, 3.63) is 38.5 Å². The summed E-state index contributed by atoms with van der Waals surface area (Å²) in [7, 11) is 0. The fraction of sp³-hybridized carbons (Fsp3) is 0.385. The highest BCUT2D eigenvalue weighted by molar-refractivity contribution is 7.89. The van der Waals surface area contributed by atoms with Gasteiger partial charge in [-0.3, -0.25) is 0 Å². The molecule has 0 spiro atoms. The molecule has 0 aromatic heterocycles. The first-order valence-corrected chi connectivity index (χ1v) is 8.89. The van der Waals surface area contributed by atoms with Crippen molar-refractivity contribution in [3.63, 3.8) is 0 Å². The van der Waals surface area contributed by atoms with Crippen molar-refractivity contribution in [2.24, 2.45) is 0 Å². The fourth-order valence-electron chi connectivity index (χ4n) is 2.34. The Morgan fingerprint density at radius 1 is 1.16 bits per heavy atom. The Bertz CT molecular complexity index is 692. The van der Waals surface area contributed by atoms with Crippen molar-refractivity contribution < 1.29 is 26.5 Å². The molecule has 1 aliphatic heterocycles. The lowest BCUT2D eigenvalue weighted by Crippen LogP contribution is -2.48. The minimum atomic E-state index is -4.70. The van der Waals surface area contributed by atoms with Gasteiger partial charge in [0.2, 0.25) is 0 Å². The summed E-state index contributed by atoms with van der Waals surface area (Å²) in [6.07, 6.45) is -4.70. The average molecular weight is 444 g/mol. The van der Waals surface area contributed by atoms with E-state index in [2.05, 4.69) is 0 Å². The van der Waals surface area contributed by atoms with Crippen LogP contribution in [0.15, 0.2) is 22.9 Å². The lowest BCUT2D eigenvalue weighted by molar-refractivity contribution is -0.137. The third kappa shape index (κ3) is 3.81. The summed E-state index contributed by atoms with van der Waals surface area (Å²) in [5, 5.41) is 0.143. The molecule has 0 fully saturated rings. The average Bonchev–Trinajstić information content (AvgIpc) is 2.69. The summed E-state index contributed by atoms with van der Waals surface area (Å²) in [6, 6.07) is 0.304. The quantitative estimate of drug-likeness (QED) is 0.437. The second-order valence-electron chi connectivity index (χ2n) is 5.05. The Morgan fingerprint density at radius 2 is 1.64 bits per heavy atom. The van der Waals surface area contributed by atoms with Crippen molar-refractivity contribution in [1.82, 2.24) is 4.41 Å². The van der Waals surface area contributed by atoms with E-state index in [-0.39, 0.29) is 16.4 Å². The molecule has 3 nitrogen and oxygen atoms in total. The summed E-state index contributed by atoms with van der Waals surface area (Å²) < 4.78 is 77.2. The summed E-state index contributed by atoms with van der Waals surface area (Å²) in [6.45, 7) is 2.84. The predicted molar refractivity (Wildman–Crippen MR) is 87.9 cm³/mol. The SMILES string of the molecule is CC1=C(Cl)C(C)N([S+]([O-])C(F)F)N1c1c(Cl)cc(C(F)(F)F)cc1Cl. The number of hydrazine groups is 1. The van der Waals surface area contributed by atoms with Gasteiger partial charge < -0.3 is 4.55 Å². The van der Waals surface area contributed by atoms with Crippen LogP contribution < -0.4 is 5.01 Å². The lowest BCUT2D eigenvalue weighted by atomic mass is 10.2. The molecule has 0 bridgehead atoms. The van der Waals surface area contributed by atoms with E-state index in [0.717, 1.165) is 9.42 Å². The van der Waals surface area contributed by atoms with Crippen LogP contribution in [0.2, 0.25) is 10.0 Å². The van der Waals surface area contributed by atoms with Crippen LogP contribution in [0.1, 0.15) is 19.4 Å². The van der Waals surface area contributed by atoms with Gasteiger partial charge in [0, 0.05) is 0 Å². The molecule has 25 heavy (non-hydrogen) atoms. The predicted octanol–water partition coefficient (Wildman–Crippen LogP) is 5.79. The summed E-state index contributed by atoms with van der Waals surface area (Å²) >= 11 is 15.1. The van der Waals surface area contributed by atoms with Gasteiger partial charge in [0.1, 0.15) is 17.4 Å². The Hall–Kier alpha value is -0.450. The topological polar surface area (TPSA) is 29.5 Å². The van der Waals surface area contributed by atoms with Gasteiger partial charge in [-0.2, -0.15) is 22.0 Å². The maximum absolute atomic E-state index is 13.0. The van der Waals surface area contributed by atoms with Gasteiger partial charge in [-0.1, -0.05) is 34.8 Å². The molecular weight excluding hydrogens is 434 g/mol. The molecule has 0 N–H and O–H groups in total. The second kappa shape index (κ2) is 7.28. The zero-order valence-corrected chi connectivity index (χ0v) is 15.6. The van der Waals surface area contributed by atoms with Crippen LogP contribution in [0.25, 0.3) is 0 Å². The van der Waals surface area contributed by atoms with E-state index in [1.165, 1.54) is 13.8 Å². The number of anilines is 1. The van der Waals surface area contributed by atoms with Gasteiger partial charge in [-0.25, -0.2) is 5.01 Å². The zero-order chi connectivity index (χ0) is 19.3. The van der Waals surface area contributed by atoms with Crippen molar-refractivity contribution in [3.8, 4) is 0 Å². The molecule has 0 radical (unpaired) electrons. The normalized spacial score (nSPS) is 20.8. The molecule has 0 amide bonds. The number of halogens is 8. The number of nitrogens with zero attached hydrogens (tertiary/aromatic N) is 2. The Kier molecular flexibility index (Phi) is 6.08. The van der Waals surface area contributed by atoms with Gasteiger partial charge in [0.25, 0.3) is 0 Å². The number of hydrogen-bond donors (Lipinski definition) is 0. The maximum atomic E-state index is 13.0. The zero-order valence-electron chi connectivity index (χ0n) is 12.5. The Balaban J connectivity index is 2.62. The number of allylic oxidation sites excluding steroid dienone is 1. The van der Waals surface area contributed by atoms with Gasteiger partial charge in [-0.05, 0) is 30.4 Å². The summed E-state index contributed by atoms with van der Waals surface area (Å²) in [4.78, 5) is 0. The monoisotopic (exact) mass is 442 g/mol. The van der Waals surface area contributed by atoms with Gasteiger partial charge >= 0.3 is 11.9 Å². The first-order chi connectivity index (χ1) is 11.4. The van der Waals surface area contributed by atoms with Crippen LogP contribution in [0.3, 0.4) is 0 Å². The molecule has 140 valence electrons. The lowest BCUT2D eigenvalue weighted by Gasteiger charge is -2.33. The minimum Gasteiger partial charge on any atom is -0.592 e. The van der Waals surface area contributed by atoms with E-state index in [4.69, 9.17) is 34.8 Å². The highest BCUT2D eigenvalue weighted by Crippen LogP contribution is 2.46. The summed E-state index contributed by atoms with van der Waals surface area (Å²) in [5.74, 6) is -3.24. The smallest absolute Gasteiger partial charge is 0.418 e. The molecule has 2 unspecified atom stereocenters. The van der Waals surface area contributed by atoms with Crippen LogP contribution in [0.4, 0.5) is 27.6 Å². The molecule has 0 saturated heterocycles. The van der Waals surface area contributed by atoms with Crippen molar-refractivity contribution in [2.75, 3.05) is 5.01 Å². The van der Waals surface area contributed by atoms with Crippen molar-refractivity contribution in [1.29, 1.82) is 0 Å². The first kappa shape index (κ1) is 20.9. The molecule has 12 heteroatoms. The molecule has 1 heterocycles. The molecule has 1 aliphatic rings. The van der Waals surface area contributed by atoms with Gasteiger partial charge in [-0.15, -0.1) is 0 Å². The molecule has 0 saturated carbocycles.